The molecule has 0 aliphatic carbocycles. The fraction of sp³-hybridized carbons (Fsp3) is 0.143. The highest BCUT2D eigenvalue weighted by Crippen LogP contribution is 2.37. The number of rotatable bonds is 0. The standard InChI is InChI=1S/C7H6ClNO2/c8-4-1-6-7(2-5(4)9)11-3-10-6/h1-2H,3,9H2. The predicted molar refractivity (Wildman–Crippen MR) is 42.0 cm³/mol. The smallest absolute Gasteiger partial charge is 0.231 e. The summed E-state index contributed by atoms with van der Waals surface area (Å²) in [6, 6.07) is 3.31. The molecule has 1 aromatic rings. The second kappa shape index (κ2) is 2.20. The molecule has 2 N–H and O–H groups in total. The van der Waals surface area contributed by atoms with Gasteiger partial charge in [0.15, 0.2) is 11.5 Å². The van der Waals surface area contributed by atoms with E-state index in [0.29, 0.717) is 22.2 Å². The van der Waals surface area contributed by atoms with Crippen molar-refractivity contribution in [3.8, 4) is 11.5 Å². The van der Waals surface area contributed by atoms with Crippen molar-refractivity contribution in [1.29, 1.82) is 0 Å². The Bertz CT molecular complexity index is 272. The van der Waals surface area contributed by atoms with E-state index >= 15 is 0 Å². The van der Waals surface area contributed by atoms with Crippen LogP contribution in [0.3, 0.4) is 0 Å². The topological polar surface area (TPSA) is 44.5 Å². The highest BCUT2D eigenvalue weighted by atomic mass is 35.5. The molecule has 0 fully saturated rings. The molecular weight excluding hydrogens is 166 g/mol. The first-order valence-corrected chi connectivity index (χ1v) is 3.50. The molecule has 58 valence electrons. The van der Waals surface area contributed by atoms with Crippen LogP contribution in [0.5, 0.6) is 11.5 Å². The highest BCUT2D eigenvalue weighted by Gasteiger charge is 2.14. The number of ether oxygens (including phenoxy) is 2. The molecule has 1 aliphatic heterocycles. The average molecular weight is 172 g/mol. The molecule has 0 radical (unpaired) electrons. The lowest BCUT2D eigenvalue weighted by Gasteiger charge is -1.99. The third-order valence-electron chi connectivity index (χ3n) is 1.49. The van der Waals surface area contributed by atoms with Gasteiger partial charge in [-0.15, -0.1) is 0 Å². The first-order chi connectivity index (χ1) is 5.27. The Hall–Kier alpha value is -1.09. The molecular formula is C7H6ClNO2. The van der Waals surface area contributed by atoms with Crippen LogP contribution < -0.4 is 15.2 Å². The van der Waals surface area contributed by atoms with Gasteiger partial charge in [0.25, 0.3) is 0 Å². The average Bonchev–Trinajstić information content (AvgIpc) is 2.36. The number of nitrogens with two attached hydrogens (primary N) is 1. The second-order valence-electron chi connectivity index (χ2n) is 2.23. The molecule has 0 atom stereocenters. The van der Waals surface area contributed by atoms with Crippen molar-refractivity contribution in [3.63, 3.8) is 0 Å². The van der Waals surface area contributed by atoms with E-state index in [1.807, 2.05) is 0 Å². The van der Waals surface area contributed by atoms with Gasteiger partial charge in [-0.1, -0.05) is 11.6 Å². The Kier molecular flexibility index (Phi) is 1.32. The van der Waals surface area contributed by atoms with Crippen LogP contribution in [0.15, 0.2) is 12.1 Å². The summed E-state index contributed by atoms with van der Waals surface area (Å²) in [6.45, 7) is 0.245. The van der Waals surface area contributed by atoms with Crippen molar-refractivity contribution in [1.82, 2.24) is 0 Å². The van der Waals surface area contributed by atoms with Gasteiger partial charge in [-0.2, -0.15) is 0 Å². The van der Waals surface area contributed by atoms with Crippen LogP contribution in [0.25, 0.3) is 0 Å². The van der Waals surface area contributed by atoms with E-state index in [-0.39, 0.29) is 6.79 Å². The van der Waals surface area contributed by atoms with Crippen molar-refractivity contribution in [2.24, 2.45) is 0 Å². The van der Waals surface area contributed by atoms with Gasteiger partial charge < -0.3 is 15.2 Å². The van der Waals surface area contributed by atoms with E-state index in [9.17, 15) is 0 Å². The Morgan fingerprint density at radius 1 is 1.27 bits per heavy atom. The van der Waals surface area contributed by atoms with Gasteiger partial charge in [0.2, 0.25) is 6.79 Å². The van der Waals surface area contributed by atoms with Crippen LogP contribution in [0, 0.1) is 0 Å². The molecule has 1 heterocycles. The van der Waals surface area contributed by atoms with Crippen LogP contribution in [0.4, 0.5) is 5.69 Å². The highest BCUT2D eigenvalue weighted by molar-refractivity contribution is 6.33. The number of benzene rings is 1. The van der Waals surface area contributed by atoms with Crippen LogP contribution in [0.1, 0.15) is 0 Å². The third kappa shape index (κ3) is 0.973. The molecule has 0 amide bonds. The zero-order valence-corrected chi connectivity index (χ0v) is 6.39. The Balaban J connectivity index is 2.57. The first-order valence-electron chi connectivity index (χ1n) is 3.12. The summed E-state index contributed by atoms with van der Waals surface area (Å²) in [6.07, 6.45) is 0. The second-order valence-corrected chi connectivity index (χ2v) is 2.63. The predicted octanol–water partition coefficient (Wildman–Crippen LogP) is 1.65. The van der Waals surface area contributed by atoms with Gasteiger partial charge in [0.1, 0.15) is 0 Å². The van der Waals surface area contributed by atoms with Crippen molar-refractivity contribution < 1.29 is 9.47 Å². The minimum absolute atomic E-state index is 0.245. The van der Waals surface area contributed by atoms with Gasteiger partial charge >= 0.3 is 0 Å². The lowest BCUT2D eigenvalue weighted by Crippen LogP contribution is -1.92. The van der Waals surface area contributed by atoms with E-state index in [1.165, 1.54) is 0 Å². The number of nitrogen functional groups attached to an aromatic ring is 1. The summed E-state index contributed by atoms with van der Waals surface area (Å²) < 4.78 is 10.1. The molecule has 11 heavy (non-hydrogen) atoms. The molecule has 0 spiro atoms. The van der Waals surface area contributed by atoms with Gasteiger partial charge in [-0.3, -0.25) is 0 Å². The molecule has 1 aliphatic rings. The van der Waals surface area contributed by atoms with E-state index in [4.69, 9.17) is 26.8 Å². The minimum atomic E-state index is 0.245. The zero-order chi connectivity index (χ0) is 7.84. The van der Waals surface area contributed by atoms with Crippen molar-refractivity contribution in [2.45, 2.75) is 0 Å². The van der Waals surface area contributed by atoms with Crippen LogP contribution in [-0.2, 0) is 0 Å². The molecule has 0 saturated heterocycles. The zero-order valence-electron chi connectivity index (χ0n) is 5.63. The van der Waals surface area contributed by atoms with Crippen LogP contribution >= 0.6 is 11.6 Å². The van der Waals surface area contributed by atoms with Gasteiger partial charge in [0, 0.05) is 12.1 Å². The maximum Gasteiger partial charge on any atom is 0.231 e. The molecule has 4 heteroatoms. The van der Waals surface area contributed by atoms with Crippen molar-refractivity contribution in [2.75, 3.05) is 12.5 Å². The molecule has 0 saturated carbocycles. The van der Waals surface area contributed by atoms with Gasteiger partial charge in [-0.25, -0.2) is 0 Å². The SMILES string of the molecule is Nc1cc2c(cc1Cl)OCO2. The monoisotopic (exact) mass is 171 g/mol. The quantitative estimate of drug-likeness (QED) is 0.604. The van der Waals surface area contributed by atoms with Gasteiger partial charge in [0.05, 0.1) is 10.7 Å². The summed E-state index contributed by atoms with van der Waals surface area (Å²) in [7, 11) is 0. The number of anilines is 1. The molecule has 0 aromatic heterocycles. The Labute approximate surface area is 68.7 Å². The van der Waals surface area contributed by atoms with E-state index in [1.54, 1.807) is 12.1 Å². The molecule has 2 rings (SSSR count). The van der Waals surface area contributed by atoms with Crippen LogP contribution in [0.2, 0.25) is 5.02 Å². The van der Waals surface area contributed by atoms with E-state index in [2.05, 4.69) is 0 Å². The molecule has 0 bridgehead atoms. The minimum Gasteiger partial charge on any atom is -0.454 e. The normalized spacial score (nSPS) is 13.5. The van der Waals surface area contributed by atoms with Gasteiger partial charge in [-0.05, 0) is 0 Å². The lowest BCUT2D eigenvalue weighted by molar-refractivity contribution is 0.174. The fourth-order valence-corrected chi connectivity index (χ4v) is 1.09. The van der Waals surface area contributed by atoms with Crippen molar-refractivity contribution >= 4 is 17.3 Å². The number of halogens is 1. The summed E-state index contributed by atoms with van der Waals surface area (Å²) in [4.78, 5) is 0. The number of fused-ring (bicyclic) bond motifs is 1. The number of hydrogen-bond acceptors (Lipinski definition) is 3. The van der Waals surface area contributed by atoms with Crippen molar-refractivity contribution in [3.05, 3.63) is 17.2 Å². The van der Waals surface area contributed by atoms with Crippen LogP contribution in [-0.4, -0.2) is 6.79 Å². The Morgan fingerprint density at radius 2 is 1.91 bits per heavy atom. The summed E-state index contributed by atoms with van der Waals surface area (Å²) in [5.41, 5.74) is 6.04. The fourth-order valence-electron chi connectivity index (χ4n) is 0.933. The summed E-state index contributed by atoms with van der Waals surface area (Å²) >= 11 is 5.73. The molecule has 3 nitrogen and oxygen atoms in total. The summed E-state index contributed by atoms with van der Waals surface area (Å²) in [5.74, 6) is 1.32. The lowest BCUT2D eigenvalue weighted by atomic mass is 10.3. The maximum atomic E-state index is 5.73. The maximum absolute atomic E-state index is 5.73. The Morgan fingerprint density at radius 3 is 2.64 bits per heavy atom. The molecule has 0 unspecified atom stereocenters. The van der Waals surface area contributed by atoms with E-state index in [0.717, 1.165) is 0 Å². The third-order valence-corrected chi connectivity index (χ3v) is 1.82. The first kappa shape index (κ1) is 6.61. The van der Waals surface area contributed by atoms with E-state index < -0.39 is 0 Å². The summed E-state index contributed by atoms with van der Waals surface area (Å²) in [5, 5.41) is 0.495. The molecule has 1 aromatic carbocycles. The number of hydrogen-bond donors (Lipinski definition) is 1. The largest absolute Gasteiger partial charge is 0.454 e.